The van der Waals surface area contributed by atoms with Gasteiger partial charge in [0.25, 0.3) is 0 Å². The van der Waals surface area contributed by atoms with E-state index in [9.17, 15) is 5.11 Å². The Hall–Kier alpha value is -1.17. The molecule has 18 heavy (non-hydrogen) atoms. The number of aromatic nitrogens is 1. The van der Waals surface area contributed by atoms with Crippen molar-refractivity contribution in [3.8, 4) is 0 Å². The van der Waals surface area contributed by atoms with E-state index in [-0.39, 0.29) is 18.8 Å². The second-order valence-corrected chi connectivity index (χ2v) is 4.77. The summed E-state index contributed by atoms with van der Waals surface area (Å²) < 4.78 is 5.49. The van der Waals surface area contributed by atoms with Crippen LogP contribution in [0.1, 0.15) is 25.5 Å². The summed E-state index contributed by atoms with van der Waals surface area (Å²) in [5.41, 5.74) is 0.804. The van der Waals surface area contributed by atoms with Crippen molar-refractivity contribution in [2.75, 3.05) is 24.7 Å². The largest absolute Gasteiger partial charge is 0.394 e. The third kappa shape index (κ3) is 2.80. The first-order chi connectivity index (χ1) is 8.61. The molecule has 0 spiro atoms. The third-order valence-corrected chi connectivity index (χ3v) is 3.26. The predicted octanol–water partition coefficient (Wildman–Crippen LogP) is 0.721. The lowest BCUT2D eigenvalue weighted by atomic mass is 10.1. The normalized spacial score (nSPS) is 26.1. The Morgan fingerprint density at radius 2 is 2.33 bits per heavy atom. The minimum absolute atomic E-state index is 0.0228. The number of hydrogen-bond acceptors (Lipinski definition) is 5. The Balaban J connectivity index is 2.13. The molecule has 3 atom stereocenters. The first kappa shape index (κ1) is 13.3. The van der Waals surface area contributed by atoms with Crippen molar-refractivity contribution < 1.29 is 14.9 Å². The molecule has 0 saturated carbocycles. The number of aliphatic hydroxyl groups excluding tert-OH is 2. The molecule has 1 aliphatic rings. The molecule has 5 heteroatoms. The van der Waals surface area contributed by atoms with E-state index in [4.69, 9.17) is 9.84 Å². The van der Waals surface area contributed by atoms with Gasteiger partial charge in [0.2, 0.25) is 0 Å². The Morgan fingerprint density at radius 3 is 2.89 bits per heavy atom. The van der Waals surface area contributed by atoms with E-state index in [1.54, 1.807) is 13.1 Å². The first-order valence-electron chi connectivity index (χ1n) is 6.25. The summed E-state index contributed by atoms with van der Waals surface area (Å²) in [5.74, 6) is 0.855. The number of nitrogens with zero attached hydrogens (tertiary/aromatic N) is 2. The highest BCUT2D eigenvalue weighted by Gasteiger charge is 2.26. The lowest BCUT2D eigenvalue weighted by Gasteiger charge is -2.38. The fraction of sp³-hybridized carbons (Fsp3) is 0.615. The molecule has 2 heterocycles. The molecule has 5 nitrogen and oxygen atoms in total. The Bertz CT molecular complexity index is 380. The second-order valence-electron chi connectivity index (χ2n) is 4.77. The maximum Gasteiger partial charge on any atom is 0.128 e. The monoisotopic (exact) mass is 252 g/mol. The van der Waals surface area contributed by atoms with Gasteiger partial charge < -0.3 is 19.8 Å². The molecule has 2 unspecified atom stereocenters. The van der Waals surface area contributed by atoms with Crippen LogP contribution in [0.15, 0.2) is 18.3 Å². The number of hydrogen-bond donors (Lipinski definition) is 2. The smallest absolute Gasteiger partial charge is 0.128 e. The molecule has 0 aromatic carbocycles. The lowest BCUT2D eigenvalue weighted by molar-refractivity contribution is -0.0105. The summed E-state index contributed by atoms with van der Waals surface area (Å²) in [4.78, 5) is 6.49. The summed E-state index contributed by atoms with van der Waals surface area (Å²) in [7, 11) is 0. The predicted molar refractivity (Wildman–Crippen MR) is 68.5 cm³/mol. The van der Waals surface area contributed by atoms with Gasteiger partial charge in [0.1, 0.15) is 5.82 Å². The third-order valence-electron chi connectivity index (χ3n) is 3.26. The zero-order valence-electron chi connectivity index (χ0n) is 10.8. The molecule has 1 aliphatic heterocycles. The molecule has 0 radical (unpaired) electrons. The van der Waals surface area contributed by atoms with Crippen LogP contribution >= 0.6 is 0 Å². The summed E-state index contributed by atoms with van der Waals surface area (Å²) in [5, 5.41) is 18.6. The fourth-order valence-corrected chi connectivity index (χ4v) is 2.06. The van der Waals surface area contributed by atoms with Crippen molar-refractivity contribution in [3.05, 3.63) is 23.9 Å². The van der Waals surface area contributed by atoms with E-state index >= 15 is 0 Å². The molecule has 2 N–H and O–H groups in total. The van der Waals surface area contributed by atoms with Crippen molar-refractivity contribution in [1.82, 2.24) is 4.98 Å². The van der Waals surface area contributed by atoms with Crippen molar-refractivity contribution in [2.24, 2.45) is 0 Å². The van der Waals surface area contributed by atoms with Crippen LogP contribution in [0.4, 0.5) is 5.82 Å². The molecule has 2 rings (SSSR count). The van der Waals surface area contributed by atoms with Gasteiger partial charge in [-0.05, 0) is 25.5 Å². The highest BCUT2D eigenvalue weighted by Crippen LogP contribution is 2.21. The minimum atomic E-state index is -0.501. The Kier molecular flexibility index (Phi) is 4.16. The molecule has 100 valence electrons. The Morgan fingerprint density at radius 1 is 1.56 bits per heavy atom. The number of pyridine rings is 1. The van der Waals surface area contributed by atoms with Crippen molar-refractivity contribution in [1.29, 1.82) is 0 Å². The molecule has 0 amide bonds. The summed E-state index contributed by atoms with van der Waals surface area (Å²) in [6, 6.07) is 4.01. The van der Waals surface area contributed by atoms with Gasteiger partial charge in [-0.2, -0.15) is 0 Å². The number of rotatable bonds is 3. The van der Waals surface area contributed by atoms with Gasteiger partial charge in [0.05, 0.1) is 31.5 Å². The number of morpholine rings is 1. The van der Waals surface area contributed by atoms with Crippen molar-refractivity contribution in [2.45, 2.75) is 32.1 Å². The molecule has 1 fully saturated rings. The highest BCUT2D eigenvalue weighted by atomic mass is 16.5. The van der Waals surface area contributed by atoms with E-state index in [1.807, 2.05) is 12.1 Å². The highest BCUT2D eigenvalue weighted by molar-refractivity contribution is 5.41. The van der Waals surface area contributed by atoms with Gasteiger partial charge in [-0.1, -0.05) is 6.07 Å². The van der Waals surface area contributed by atoms with Crippen LogP contribution in [0, 0.1) is 0 Å². The summed E-state index contributed by atoms with van der Waals surface area (Å²) in [6.45, 7) is 5.03. The molecule has 1 aromatic rings. The zero-order chi connectivity index (χ0) is 13.1. The first-order valence-corrected chi connectivity index (χ1v) is 6.25. The fourth-order valence-electron chi connectivity index (χ4n) is 2.06. The molecular formula is C13H20N2O3. The van der Waals surface area contributed by atoms with Crippen LogP contribution in [0.5, 0.6) is 0 Å². The second kappa shape index (κ2) is 5.65. The van der Waals surface area contributed by atoms with E-state index in [1.165, 1.54) is 0 Å². The van der Waals surface area contributed by atoms with Crippen molar-refractivity contribution >= 4 is 5.82 Å². The van der Waals surface area contributed by atoms with E-state index in [0.717, 1.165) is 11.4 Å². The molecule has 1 saturated heterocycles. The maximum absolute atomic E-state index is 9.45. The van der Waals surface area contributed by atoms with E-state index in [0.29, 0.717) is 13.2 Å². The van der Waals surface area contributed by atoms with Crippen LogP contribution in [-0.2, 0) is 4.74 Å². The number of anilines is 1. The van der Waals surface area contributed by atoms with Crippen LogP contribution in [-0.4, -0.2) is 47.1 Å². The summed E-state index contributed by atoms with van der Waals surface area (Å²) in [6.07, 6.45) is 1.04. The SMILES string of the molecule is CC1COC(CO)CN1c1ccc([C@@H](C)O)cn1. The van der Waals surface area contributed by atoms with Gasteiger partial charge in [-0.15, -0.1) is 0 Å². The van der Waals surface area contributed by atoms with Crippen molar-refractivity contribution in [3.63, 3.8) is 0 Å². The quantitative estimate of drug-likeness (QED) is 0.830. The van der Waals surface area contributed by atoms with Gasteiger partial charge in [0.15, 0.2) is 0 Å². The average molecular weight is 252 g/mol. The van der Waals surface area contributed by atoms with E-state index < -0.39 is 6.10 Å². The zero-order valence-corrected chi connectivity index (χ0v) is 10.8. The van der Waals surface area contributed by atoms with Crippen LogP contribution in [0.25, 0.3) is 0 Å². The number of aliphatic hydroxyl groups is 2. The lowest BCUT2D eigenvalue weighted by Crippen LogP contribution is -2.49. The van der Waals surface area contributed by atoms with Gasteiger partial charge in [-0.25, -0.2) is 4.98 Å². The molecular weight excluding hydrogens is 232 g/mol. The molecule has 0 aliphatic carbocycles. The van der Waals surface area contributed by atoms with Gasteiger partial charge in [0, 0.05) is 12.7 Å². The van der Waals surface area contributed by atoms with Crippen LogP contribution < -0.4 is 4.90 Å². The summed E-state index contributed by atoms with van der Waals surface area (Å²) >= 11 is 0. The van der Waals surface area contributed by atoms with E-state index in [2.05, 4.69) is 16.8 Å². The minimum Gasteiger partial charge on any atom is -0.394 e. The van der Waals surface area contributed by atoms with Gasteiger partial charge >= 0.3 is 0 Å². The molecule has 0 bridgehead atoms. The van der Waals surface area contributed by atoms with Crippen LogP contribution in [0.3, 0.4) is 0 Å². The topological polar surface area (TPSA) is 65.8 Å². The van der Waals surface area contributed by atoms with Gasteiger partial charge in [-0.3, -0.25) is 0 Å². The Labute approximate surface area is 107 Å². The number of ether oxygens (including phenoxy) is 1. The standard InChI is InChI=1S/C13H20N2O3/c1-9-8-18-12(7-16)6-15(9)13-4-3-11(5-14-13)10(2)17/h3-5,9-10,12,16-17H,6-8H2,1-2H3/t9?,10-,12?/m1/s1. The maximum atomic E-state index is 9.45. The van der Waals surface area contributed by atoms with Crippen LogP contribution in [0.2, 0.25) is 0 Å². The average Bonchev–Trinajstić information content (AvgIpc) is 2.39. The molecule has 1 aromatic heterocycles.